The van der Waals surface area contributed by atoms with E-state index in [2.05, 4.69) is 23.7 Å². The van der Waals surface area contributed by atoms with Gasteiger partial charge in [-0.2, -0.15) is 0 Å². The summed E-state index contributed by atoms with van der Waals surface area (Å²) in [6.45, 7) is 0. The van der Waals surface area contributed by atoms with Gasteiger partial charge in [0, 0.05) is 58.9 Å². The second kappa shape index (κ2) is 14.4. The second-order valence-electron chi connectivity index (χ2n) is 10.3. The zero-order valence-corrected chi connectivity index (χ0v) is 25.7. The molecule has 0 unspecified atom stereocenters. The van der Waals surface area contributed by atoms with Crippen LogP contribution >= 0.6 is 0 Å². The number of anilines is 2. The Morgan fingerprint density at radius 1 is 0.457 bits per heavy atom. The lowest BCUT2D eigenvalue weighted by Gasteiger charge is -2.17. The molecule has 5 aromatic rings. The fourth-order valence-corrected chi connectivity index (χ4v) is 4.53. The molecular weight excluding hydrogens is 572 g/mol. The van der Waals surface area contributed by atoms with E-state index < -0.39 is 0 Å². The van der Waals surface area contributed by atoms with E-state index in [0.29, 0.717) is 16.7 Å². The van der Waals surface area contributed by atoms with E-state index in [9.17, 15) is 14.4 Å². The molecule has 0 aliphatic carbocycles. The van der Waals surface area contributed by atoms with Crippen LogP contribution in [0.1, 0.15) is 53.3 Å². The Morgan fingerprint density at radius 2 is 0.783 bits per heavy atom. The summed E-state index contributed by atoms with van der Waals surface area (Å²) in [5, 5.41) is 0. The third-order valence-corrected chi connectivity index (χ3v) is 7.28. The highest BCUT2D eigenvalue weighted by Gasteiger charge is 2.14. The topological polar surface area (TPSA) is 66.9 Å². The fourth-order valence-electron chi connectivity index (χ4n) is 4.53. The first-order valence-corrected chi connectivity index (χ1v) is 14.5. The maximum absolute atomic E-state index is 13.2. The third kappa shape index (κ3) is 7.58. The van der Waals surface area contributed by atoms with Crippen molar-refractivity contribution in [3.63, 3.8) is 0 Å². The Morgan fingerprint density at radius 3 is 1.15 bits per heavy atom. The molecule has 0 aromatic heterocycles. The molecule has 0 radical (unpaired) electrons. The molecule has 6 heteroatoms. The number of carbonyl (C=O) groups is 3. The van der Waals surface area contributed by atoms with Gasteiger partial charge in [0.25, 0.3) is 11.8 Å². The fraction of sp³-hybridized carbons (Fsp3) is 0.0750. The lowest BCUT2D eigenvalue weighted by atomic mass is 10.1. The molecule has 46 heavy (non-hydrogen) atoms. The SMILES string of the molecule is COC(=O)c1ccc(C#Cc2ccc(N(C)C(=O)c3ccc(C#Cc4ccc(N(C)C(=O)c5ccccc5)cc4)cc3)cc2)cc1. The highest BCUT2D eigenvalue weighted by atomic mass is 16.5. The first-order chi connectivity index (χ1) is 22.3. The smallest absolute Gasteiger partial charge is 0.337 e. The number of ether oxygens (including phenoxy) is 1. The minimum absolute atomic E-state index is 0.0800. The largest absolute Gasteiger partial charge is 0.465 e. The molecule has 0 bridgehead atoms. The molecule has 6 nitrogen and oxygen atoms in total. The molecular formula is C40H30N2O4. The van der Waals surface area contributed by atoms with Gasteiger partial charge in [-0.15, -0.1) is 0 Å². The van der Waals surface area contributed by atoms with Crippen molar-refractivity contribution < 1.29 is 19.1 Å². The van der Waals surface area contributed by atoms with E-state index in [1.54, 1.807) is 72.4 Å². The van der Waals surface area contributed by atoms with Crippen molar-refractivity contribution in [2.75, 3.05) is 31.0 Å². The number of carbonyl (C=O) groups excluding carboxylic acids is 3. The van der Waals surface area contributed by atoms with Crippen LogP contribution in [0.25, 0.3) is 0 Å². The number of methoxy groups -OCH3 is 1. The molecule has 0 fully saturated rings. The van der Waals surface area contributed by atoms with Crippen LogP contribution in [0.2, 0.25) is 0 Å². The van der Waals surface area contributed by atoms with Gasteiger partial charge in [-0.25, -0.2) is 4.79 Å². The van der Waals surface area contributed by atoms with Crippen molar-refractivity contribution >= 4 is 29.2 Å². The lowest BCUT2D eigenvalue weighted by molar-refractivity contribution is 0.0600. The number of hydrogen-bond donors (Lipinski definition) is 0. The quantitative estimate of drug-likeness (QED) is 0.164. The van der Waals surface area contributed by atoms with Crippen molar-refractivity contribution in [3.05, 3.63) is 166 Å². The van der Waals surface area contributed by atoms with Crippen molar-refractivity contribution in [2.24, 2.45) is 0 Å². The molecule has 224 valence electrons. The van der Waals surface area contributed by atoms with Gasteiger partial charge in [-0.3, -0.25) is 9.59 Å². The van der Waals surface area contributed by atoms with E-state index >= 15 is 0 Å². The Labute approximate surface area is 268 Å². The van der Waals surface area contributed by atoms with Gasteiger partial charge in [-0.1, -0.05) is 41.9 Å². The number of amides is 2. The summed E-state index contributed by atoms with van der Waals surface area (Å²) in [4.78, 5) is 40.6. The van der Waals surface area contributed by atoms with Crippen molar-refractivity contribution in [3.8, 4) is 23.7 Å². The highest BCUT2D eigenvalue weighted by Crippen LogP contribution is 2.18. The summed E-state index contributed by atoms with van der Waals surface area (Å²) in [6, 6.07) is 38.1. The zero-order valence-electron chi connectivity index (χ0n) is 25.7. The Bertz CT molecular complexity index is 1980. The lowest BCUT2D eigenvalue weighted by Crippen LogP contribution is -2.26. The minimum Gasteiger partial charge on any atom is -0.465 e. The summed E-state index contributed by atoms with van der Waals surface area (Å²) < 4.78 is 4.72. The maximum Gasteiger partial charge on any atom is 0.337 e. The van der Waals surface area contributed by atoms with Crippen LogP contribution < -0.4 is 9.80 Å². The Kier molecular flexibility index (Phi) is 9.73. The molecule has 0 spiro atoms. The molecule has 0 saturated heterocycles. The van der Waals surface area contributed by atoms with Crippen molar-refractivity contribution in [2.45, 2.75) is 0 Å². The Hall–Kier alpha value is -6.37. The van der Waals surface area contributed by atoms with Gasteiger partial charge >= 0.3 is 5.97 Å². The van der Waals surface area contributed by atoms with Gasteiger partial charge in [-0.05, 0) is 109 Å². The predicted octanol–water partition coefficient (Wildman–Crippen LogP) is 6.83. The van der Waals surface area contributed by atoms with E-state index in [4.69, 9.17) is 4.74 Å². The van der Waals surface area contributed by atoms with Crippen LogP contribution in [0.15, 0.2) is 127 Å². The van der Waals surface area contributed by atoms with Crippen LogP contribution in [0.5, 0.6) is 0 Å². The molecule has 0 aliphatic rings. The van der Waals surface area contributed by atoms with E-state index in [1.165, 1.54) is 7.11 Å². The third-order valence-electron chi connectivity index (χ3n) is 7.28. The van der Waals surface area contributed by atoms with Gasteiger partial charge in [0.1, 0.15) is 0 Å². The summed E-state index contributed by atoms with van der Waals surface area (Å²) >= 11 is 0. The molecule has 0 aliphatic heterocycles. The van der Waals surface area contributed by atoms with Crippen LogP contribution in [0.3, 0.4) is 0 Å². The normalized spacial score (nSPS) is 9.98. The predicted molar refractivity (Wildman–Crippen MR) is 181 cm³/mol. The molecule has 0 heterocycles. The Balaban J connectivity index is 1.18. The van der Waals surface area contributed by atoms with E-state index in [0.717, 1.165) is 33.6 Å². The molecule has 2 amide bonds. The standard InChI is InChI=1S/C40H30N2O4/c1-41(38(43)33-7-5-4-6-8-33)36-25-17-31(18-26-36)11-9-29-13-21-34(22-14-29)39(44)42(2)37-27-19-32(20-28-37)12-10-30-15-23-35(24-16-30)40(45)46-3/h4-8,13-28H,1-3H3. The summed E-state index contributed by atoms with van der Waals surface area (Å²) in [6.07, 6.45) is 0. The van der Waals surface area contributed by atoms with Crippen LogP contribution in [-0.2, 0) is 4.74 Å². The molecule has 5 rings (SSSR count). The molecule has 0 atom stereocenters. The number of rotatable bonds is 5. The number of esters is 1. The van der Waals surface area contributed by atoms with E-state index in [1.807, 2.05) is 78.9 Å². The minimum atomic E-state index is -0.389. The summed E-state index contributed by atoms with van der Waals surface area (Å²) in [5.74, 6) is 11.8. The number of benzene rings is 5. The number of hydrogen-bond acceptors (Lipinski definition) is 4. The first-order valence-electron chi connectivity index (χ1n) is 14.5. The van der Waals surface area contributed by atoms with Gasteiger partial charge < -0.3 is 14.5 Å². The highest BCUT2D eigenvalue weighted by molar-refractivity contribution is 6.06. The van der Waals surface area contributed by atoms with Gasteiger partial charge in [0.15, 0.2) is 0 Å². The average molecular weight is 603 g/mol. The van der Waals surface area contributed by atoms with Gasteiger partial charge in [0.05, 0.1) is 12.7 Å². The van der Waals surface area contributed by atoms with Crippen molar-refractivity contribution in [1.29, 1.82) is 0 Å². The number of nitrogens with zero attached hydrogens (tertiary/aromatic N) is 2. The molecule has 0 N–H and O–H groups in total. The molecule has 5 aromatic carbocycles. The molecule has 0 saturated carbocycles. The average Bonchev–Trinajstić information content (AvgIpc) is 3.12. The van der Waals surface area contributed by atoms with Gasteiger partial charge in [0.2, 0.25) is 0 Å². The van der Waals surface area contributed by atoms with E-state index in [-0.39, 0.29) is 17.8 Å². The summed E-state index contributed by atoms with van der Waals surface area (Å²) in [7, 11) is 4.82. The monoisotopic (exact) mass is 602 g/mol. The van der Waals surface area contributed by atoms with Crippen molar-refractivity contribution in [1.82, 2.24) is 0 Å². The maximum atomic E-state index is 13.2. The van der Waals surface area contributed by atoms with Crippen LogP contribution in [-0.4, -0.2) is 39.0 Å². The first kappa shape index (κ1) is 31.1. The zero-order chi connectivity index (χ0) is 32.5. The summed E-state index contributed by atoms with van der Waals surface area (Å²) in [5.41, 5.74) is 6.32. The van der Waals surface area contributed by atoms with Crippen LogP contribution in [0, 0.1) is 23.7 Å². The second-order valence-corrected chi connectivity index (χ2v) is 10.3. The van der Waals surface area contributed by atoms with Crippen LogP contribution in [0.4, 0.5) is 11.4 Å².